The number of hydrazine groups is 1. The number of aromatic nitrogens is 3. The molecule has 1 aromatic carbocycles. The second-order valence-electron chi connectivity index (χ2n) is 5.41. The van der Waals surface area contributed by atoms with Crippen molar-refractivity contribution in [3.63, 3.8) is 0 Å². The van der Waals surface area contributed by atoms with Gasteiger partial charge in [-0.25, -0.2) is 10.9 Å². The molecule has 4 rings (SSSR count). The zero-order valence-corrected chi connectivity index (χ0v) is 12.2. The summed E-state index contributed by atoms with van der Waals surface area (Å²) in [5, 5.41) is 13.4. The molecule has 3 heterocycles. The Kier molecular flexibility index (Phi) is 3.49. The molecule has 3 N–H and O–H groups in total. The minimum atomic E-state index is -0.0584. The molecule has 2 aromatic heterocycles. The first-order valence-electron chi connectivity index (χ1n) is 7.33. The molecule has 0 radical (unpaired) electrons. The summed E-state index contributed by atoms with van der Waals surface area (Å²) in [5.74, 6) is 1.36. The Balaban J connectivity index is 1.50. The molecule has 1 fully saturated rings. The highest BCUT2D eigenvalue weighted by Gasteiger charge is 2.30. The minimum absolute atomic E-state index is 0.0584. The van der Waals surface area contributed by atoms with Crippen LogP contribution in [0.5, 0.6) is 5.75 Å². The van der Waals surface area contributed by atoms with E-state index in [0.29, 0.717) is 11.7 Å². The van der Waals surface area contributed by atoms with Gasteiger partial charge < -0.3 is 9.63 Å². The van der Waals surface area contributed by atoms with Crippen LogP contribution in [0.15, 0.2) is 53.3 Å². The van der Waals surface area contributed by atoms with Crippen LogP contribution < -0.4 is 10.9 Å². The molecule has 2 atom stereocenters. The molecule has 1 aliphatic heterocycles. The van der Waals surface area contributed by atoms with Gasteiger partial charge in [0.1, 0.15) is 11.8 Å². The Bertz CT molecular complexity index is 788. The maximum absolute atomic E-state index is 9.37. The van der Waals surface area contributed by atoms with Crippen LogP contribution in [0.2, 0.25) is 0 Å². The van der Waals surface area contributed by atoms with Crippen molar-refractivity contribution in [2.45, 2.75) is 18.5 Å². The van der Waals surface area contributed by atoms with Crippen LogP contribution in [0, 0.1) is 0 Å². The van der Waals surface area contributed by atoms with Gasteiger partial charge >= 0.3 is 0 Å². The van der Waals surface area contributed by atoms with Gasteiger partial charge in [-0.1, -0.05) is 17.3 Å². The molecule has 0 aliphatic carbocycles. The second-order valence-corrected chi connectivity index (χ2v) is 5.41. The Morgan fingerprint density at radius 3 is 2.52 bits per heavy atom. The number of benzene rings is 1. The van der Waals surface area contributed by atoms with Crippen molar-refractivity contribution in [3.8, 4) is 17.1 Å². The van der Waals surface area contributed by atoms with Gasteiger partial charge in [-0.3, -0.25) is 4.98 Å². The first-order chi connectivity index (χ1) is 11.3. The number of phenolic OH excluding ortho intramolecular Hbond substituents is 1. The van der Waals surface area contributed by atoms with Gasteiger partial charge in [0, 0.05) is 24.0 Å². The number of nitrogens with one attached hydrogen (secondary N) is 2. The molecule has 1 aliphatic rings. The molecule has 7 heteroatoms. The highest BCUT2D eigenvalue weighted by molar-refractivity contribution is 5.52. The van der Waals surface area contributed by atoms with Gasteiger partial charge in [-0.05, 0) is 36.2 Å². The van der Waals surface area contributed by atoms with E-state index in [1.165, 1.54) is 0 Å². The normalized spacial score (nSPS) is 20.7. The largest absolute Gasteiger partial charge is 0.508 e. The average Bonchev–Trinajstić information content (AvgIpc) is 3.26. The second kappa shape index (κ2) is 5.79. The molecule has 0 amide bonds. The summed E-state index contributed by atoms with van der Waals surface area (Å²) < 4.78 is 5.38. The van der Waals surface area contributed by atoms with E-state index in [1.54, 1.807) is 24.5 Å². The van der Waals surface area contributed by atoms with Crippen LogP contribution in [0.4, 0.5) is 0 Å². The molecule has 23 heavy (non-hydrogen) atoms. The van der Waals surface area contributed by atoms with Crippen molar-refractivity contribution < 1.29 is 9.63 Å². The molecule has 0 saturated carbocycles. The lowest BCUT2D eigenvalue weighted by atomic mass is 10.0. The highest BCUT2D eigenvalue weighted by atomic mass is 16.5. The Labute approximate surface area is 132 Å². The molecule has 1 saturated heterocycles. The van der Waals surface area contributed by atoms with Crippen LogP contribution >= 0.6 is 0 Å². The van der Waals surface area contributed by atoms with E-state index in [9.17, 15) is 5.11 Å². The molecular weight excluding hydrogens is 294 g/mol. The number of nitrogens with zero attached hydrogens (tertiary/aromatic N) is 3. The van der Waals surface area contributed by atoms with Gasteiger partial charge in [-0.2, -0.15) is 4.98 Å². The minimum Gasteiger partial charge on any atom is -0.508 e. The topological polar surface area (TPSA) is 96.1 Å². The van der Waals surface area contributed by atoms with Gasteiger partial charge in [0.15, 0.2) is 0 Å². The lowest BCUT2D eigenvalue weighted by molar-refractivity contribution is 0.340. The van der Waals surface area contributed by atoms with Gasteiger partial charge in [0.2, 0.25) is 11.7 Å². The van der Waals surface area contributed by atoms with E-state index in [2.05, 4.69) is 26.0 Å². The van der Waals surface area contributed by atoms with E-state index in [4.69, 9.17) is 4.52 Å². The Morgan fingerprint density at radius 1 is 1.00 bits per heavy atom. The summed E-state index contributed by atoms with van der Waals surface area (Å²) >= 11 is 0. The van der Waals surface area contributed by atoms with Gasteiger partial charge in [0.25, 0.3) is 0 Å². The molecular formula is C16H15N5O2. The first-order valence-corrected chi connectivity index (χ1v) is 7.33. The number of rotatable bonds is 3. The average molecular weight is 309 g/mol. The molecule has 116 valence electrons. The van der Waals surface area contributed by atoms with E-state index in [0.717, 1.165) is 17.5 Å². The monoisotopic (exact) mass is 309 g/mol. The fourth-order valence-electron chi connectivity index (χ4n) is 2.64. The molecule has 3 aromatic rings. The molecule has 2 unspecified atom stereocenters. The SMILES string of the molecule is Oc1ccc(C2CC(c3nc(-c4ccncc4)no3)NN2)cc1. The third-order valence-corrected chi connectivity index (χ3v) is 3.88. The highest BCUT2D eigenvalue weighted by Crippen LogP contribution is 2.31. The summed E-state index contributed by atoms with van der Waals surface area (Å²) in [6.45, 7) is 0. The maximum atomic E-state index is 9.37. The van der Waals surface area contributed by atoms with Crippen molar-refractivity contribution in [1.29, 1.82) is 0 Å². The number of hydrogen-bond donors (Lipinski definition) is 3. The zero-order valence-electron chi connectivity index (χ0n) is 12.2. The third kappa shape index (κ3) is 2.79. The van der Waals surface area contributed by atoms with Crippen LogP contribution in [0.1, 0.15) is 30.0 Å². The lowest BCUT2D eigenvalue weighted by Gasteiger charge is -2.08. The Hall–Kier alpha value is -2.77. The van der Waals surface area contributed by atoms with Crippen LogP contribution in [0.25, 0.3) is 11.4 Å². The van der Waals surface area contributed by atoms with Crippen LogP contribution in [-0.2, 0) is 0 Å². The number of pyridine rings is 1. The molecule has 0 bridgehead atoms. The van der Waals surface area contributed by atoms with E-state index < -0.39 is 0 Å². The predicted molar refractivity (Wildman–Crippen MR) is 82.0 cm³/mol. The third-order valence-electron chi connectivity index (χ3n) is 3.88. The zero-order chi connectivity index (χ0) is 15.6. The fourth-order valence-corrected chi connectivity index (χ4v) is 2.64. The van der Waals surface area contributed by atoms with Crippen LogP contribution in [-0.4, -0.2) is 20.2 Å². The smallest absolute Gasteiger partial charge is 0.245 e. The van der Waals surface area contributed by atoms with Crippen molar-refractivity contribution in [2.24, 2.45) is 0 Å². The number of phenols is 1. The van der Waals surface area contributed by atoms with Crippen LogP contribution in [0.3, 0.4) is 0 Å². The summed E-state index contributed by atoms with van der Waals surface area (Å²) in [5.41, 5.74) is 8.36. The standard InChI is InChI=1S/C16H15N5O2/c22-12-3-1-10(2-4-12)13-9-14(20-19-13)16-18-15(21-23-16)11-5-7-17-8-6-11/h1-8,13-14,19-20,22H,9H2. The maximum Gasteiger partial charge on any atom is 0.245 e. The van der Waals surface area contributed by atoms with Crippen molar-refractivity contribution in [2.75, 3.05) is 0 Å². The molecule has 0 spiro atoms. The van der Waals surface area contributed by atoms with Crippen molar-refractivity contribution >= 4 is 0 Å². The predicted octanol–water partition coefficient (Wildman–Crippen LogP) is 2.12. The van der Waals surface area contributed by atoms with Crippen molar-refractivity contribution in [1.82, 2.24) is 26.0 Å². The van der Waals surface area contributed by atoms with E-state index >= 15 is 0 Å². The lowest BCUT2D eigenvalue weighted by Crippen LogP contribution is -2.26. The fraction of sp³-hybridized carbons (Fsp3) is 0.188. The summed E-state index contributed by atoms with van der Waals surface area (Å²) in [6.07, 6.45) is 4.17. The van der Waals surface area contributed by atoms with E-state index in [-0.39, 0.29) is 17.8 Å². The first kappa shape index (κ1) is 13.9. The van der Waals surface area contributed by atoms with Gasteiger partial charge in [0.05, 0.1) is 0 Å². The Morgan fingerprint density at radius 2 is 1.74 bits per heavy atom. The van der Waals surface area contributed by atoms with Crippen molar-refractivity contribution in [3.05, 3.63) is 60.2 Å². The number of hydrogen-bond acceptors (Lipinski definition) is 7. The summed E-state index contributed by atoms with van der Waals surface area (Å²) in [6, 6.07) is 10.9. The van der Waals surface area contributed by atoms with E-state index in [1.807, 2.05) is 24.3 Å². The number of aromatic hydroxyl groups is 1. The summed E-state index contributed by atoms with van der Waals surface area (Å²) in [4.78, 5) is 8.44. The summed E-state index contributed by atoms with van der Waals surface area (Å²) in [7, 11) is 0. The quantitative estimate of drug-likeness (QED) is 0.682. The van der Waals surface area contributed by atoms with Gasteiger partial charge in [-0.15, -0.1) is 0 Å². The molecule has 7 nitrogen and oxygen atoms in total.